The highest BCUT2D eigenvalue weighted by Gasteiger charge is 2.08. The van der Waals surface area contributed by atoms with Crippen LogP contribution >= 0.6 is 0 Å². The number of hydrogen-bond donors (Lipinski definition) is 0. The fourth-order valence-corrected chi connectivity index (χ4v) is 2.53. The normalized spacial score (nSPS) is 11.8. The standard InChI is InChI=1S/C18H17O/c1-2-3-4-5-9-15-13-19-17-12-11-14-8-6-7-10-16(14)18(15)17/h3-4,6-8,10-13H,1-2,5,9H2. The van der Waals surface area contributed by atoms with Crippen LogP contribution in [0.2, 0.25) is 0 Å². The Morgan fingerprint density at radius 3 is 2.84 bits per heavy atom. The van der Waals surface area contributed by atoms with Gasteiger partial charge in [-0.15, -0.1) is 0 Å². The van der Waals surface area contributed by atoms with Crippen LogP contribution in [0.4, 0.5) is 0 Å². The van der Waals surface area contributed by atoms with Crippen molar-refractivity contribution in [3.8, 4) is 0 Å². The van der Waals surface area contributed by atoms with E-state index >= 15 is 0 Å². The monoisotopic (exact) mass is 249 g/mol. The van der Waals surface area contributed by atoms with Gasteiger partial charge >= 0.3 is 0 Å². The summed E-state index contributed by atoms with van der Waals surface area (Å²) in [7, 11) is 0. The average Bonchev–Trinajstić information content (AvgIpc) is 2.87. The van der Waals surface area contributed by atoms with Gasteiger partial charge in [0.25, 0.3) is 0 Å². The largest absolute Gasteiger partial charge is 0.464 e. The molecule has 1 nitrogen and oxygen atoms in total. The van der Waals surface area contributed by atoms with E-state index < -0.39 is 0 Å². The van der Waals surface area contributed by atoms with Crippen LogP contribution in [0.5, 0.6) is 0 Å². The molecule has 1 aromatic heterocycles. The van der Waals surface area contributed by atoms with Crippen LogP contribution in [0.15, 0.2) is 59.2 Å². The topological polar surface area (TPSA) is 13.1 Å². The molecule has 3 rings (SSSR count). The number of rotatable bonds is 4. The number of benzene rings is 2. The molecule has 0 aliphatic heterocycles. The zero-order chi connectivity index (χ0) is 13.1. The summed E-state index contributed by atoms with van der Waals surface area (Å²) >= 11 is 0. The number of aryl methyl sites for hydroxylation is 1. The van der Waals surface area contributed by atoms with Crippen molar-refractivity contribution in [2.24, 2.45) is 0 Å². The Bertz CT molecular complexity index is 719. The van der Waals surface area contributed by atoms with E-state index in [2.05, 4.69) is 55.5 Å². The Hall–Kier alpha value is -2.02. The first-order chi connectivity index (χ1) is 9.40. The summed E-state index contributed by atoms with van der Waals surface area (Å²) in [5.74, 6) is 0. The Morgan fingerprint density at radius 1 is 1.05 bits per heavy atom. The Labute approximate surface area is 113 Å². The molecule has 0 bridgehead atoms. The van der Waals surface area contributed by atoms with E-state index in [0.29, 0.717) is 0 Å². The summed E-state index contributed by atoms with van der Waals surface area (Å²) in [6.45, 7) is 3.81. The van der Waals surface area contributed by atoms with Gasteiger partial charge in [0.1, 0.15) is 5.58 Å². The smallest absolute Gasteiger partial charge is 0.134 e. The van der Waals surface area contributed by atoms with E-state index in [4.69, 9.17) is 4.42 Å². The van der Waals surface area contributed by atoms with Crippen molar-refractivity contribution >= 4 is 21.7 Å². The SMILES string of the molecule is [CH2]CC=CCCc1coc2ccc3ccccc3c12. The van der Waals surface area contributed by atoms with Crippen molar-refractivity contribution in [2.75, 3.05) is 0 Å². The van der Waals surface area contributed by atoms with Gasteiger partial charge in [0.2, 0.25) is 0 Å². The molecule has 0 amide bonds. The molecule has 0 aliphatic carbocycles. The molecular weight excluding hydrogens is 232 g/mol. The van der Waals surface area contributed by atoms with Gasteiger partial charge in [-0.2, -0.15) is 0 Å². The van der Waals surface area contributed by atoms with Crippen LogP contribution in [0.25, 0.3) is 21.7 Å². The molecule has 0 atom stereocenters. The molecule has 0 saturated carbocycles. The predicted octanol–water partition coefficient (Wildman–Crippen LogP) is 5.30. The van der Waals surface area contributed by atoms with Crippen molar-refractivity contribution in [1.29, 1.82) is 0 Å². The fraction of sp³-hybridized carbons (Fsp3) is 0.167. The summed E-state index contributed by atoms with van der Waals surface area (Å²) in [4.78, 5) is 0. The van der Waals surface area contributed by atoms with E-state index in [1.807, 2.05) is 6.26 Å². The molecule has 1 heterocycles. The Kier molecular flexibility index (Phi) is 3.37. The summed E-state index contributed by atoms with van der Waals surface area (Å²) in [6, 6.07) is 12.7. The van der Waals surface area contributed by atoms with E-state index in [1.54, 1.807) is 0 Å². The first-order valence-electron chi connectivity index (χ1n) is 6.72. The second-order valence-corrected chi connectivity index (χ2v) is 4.72. The van der Waals surface area contributed by atoms with Gasteiger partial charge in [0.15, 0.2) is 0 Å². The second kappa shape index (κ2) is 5.31. The molecule has 19 heavy (non-hydrogen) atoms. The summed E-state index contributed by atoms with van der Waals surface area (Å²) < 4.78 is 5.68. The Morgan fingerprint density at radius 2 is 1.95 bits per heavy atom. The third kappa shape index (κ3) is 2.28. The third-order valence-corrected chi connectivity index (χ3v) is 3.45. The molecule has 1 radical (unpaired) electrons. The van der Waals surface area contributed by atoms with Crippen LogP contribution in [0.3, 0.4) is 0 Å². The lowest BCUT2D eigenvalue weighted by atomic mass is 10.0. The second-order valence-electron chi connectivity index (χ2n) is 4.72. The van der Waals surface area contributed by atoms with Gasteiger partial charge in [0, 0.05) is 5.39 Å². The average molecular weight is 249 g/mol. The molecule has 2 aromatic carbocycles. The third-order valence-electron chi connectivity index (χ3n) is 3.45. The quantitative estimate of drug-likeness (QED) is 0.572. The lowest BCUT2D eigenvalue weighted by Crippen LogP contribution is -1.82. The molecule has 95 valence electrons. The fourth-order valence-electron chi connectivity index (χ4n) is 2.53. The molecule has 0 unspecified atom stereocenters. The van der Waals surface area contributed by atoms with Gasteiger partial charge in [-0.05, 0) is 48.6 Å². The van der Waals surface area contributed by atoms with E-state index in [1.165, 1.54) is 21.7 Å². The number of allylic oxidation sites excluding steroid dienone is 2. The lowest BCUT2D eigenvalue weighted by molar-refractivity contribution is 0.610. The molecule has 0 spiro atoms. The number of furan rings is 1. The zero-order valence-corrected chi connectivity index (χ0v) is 10.9. The predicted molar refractivity (Wildman–Crippen MR) is 81.2 cm³/mol. The maximum Gasteiger partial charge on any atom is 0.134 e. The van der Waals surface area contributed by atoms with Crippen molar-refractivity contribution < 1.29 is 4.42 Å². The van der Waals surface area contributed by atoms with Crippen LogP contribution in [0, 0.1) is 6.92 Å². The molecule has 0 fully saturated rings. The first-order valence-corrected chi connectivity index (χ1v) is 6.72. The van der Waals surface area contributed by atoms with E-state index in [0.717, 1.165) is 24.8 Å². The maximum absolute atomic E-state index is 5.68. The lowest BCUT2D eigenvalue weighted by Gasteiger charge is -2.01. The van der Waals surface area contributed by atoms with E-state index in [-0.39, 0.29) is 0 Å². The minimum atomic E-state index is 0.856. The molecule has 0 aliphatic rings. The van der Waals surface area contributed by atoms with Crippen LogP contribution in [0.1, 0.15) is 18.4 Å². The zero-order valence-electron chi connectivity index (χ0n) is 10.9. The van der Waals surface area contributed by atoms with Crippen LogP contribution in [-0.4, -0.2) is 0 Å². The summed E-state index contributed by atoms with van der Waals surface area (Å²) in [5, 5.41) is 3.82. The molecule has 3 aromatic rings. The Balaban J connectivity index is 2.05. The highest BCUT2D eigenvalue weighted by molar-refractivity contribution is 6.07. The highest BCUT2D eigenvalue weighted by atomic mass is 16.3. The van der Waals surface area contributed by atoms with Gasteiger partial charge < -0.3 is 4.42 Å². The van der Waals surface area contributed by atoms with Crippen LogP contribution < -0.4 is 0 Å². The van der Waals surface area contributed by atoms with Crippen molar-refractivity contribution in [3.05, 3.63) is 67.3 Å². The molecule has 1 heteroatoms. The molecule has 0 saturated heterocycles. The van der Waals surface area contributed by atoms with Crippen LogP contribution in [-0.2, 0) is 6.42 Å². The molecule has 0 N–H and O–H groups in total. The maximum atomic E-state index is 5.68. The van der Waals surface area contributed by atoms with Crippen molar-refractivity contribution in [2.45, 2.75) is 19.3 Å². The number of fused-ring (bicyclic) bond motifs is 3. The number of hydrogen-bond acceptors (Lipinski definition) is 1. The highest BCUT2D eigenvalue weighted by Crippen LogP contribution is 2.30. The minimum absolute atomic E-state index is 0.856. The van der Waals surface area contributed by atoms with Gasteiger partial charge in [-0.1, -0.05) is 42.5 Å². The minimum Gasteiger partial charge on any atom is -0.464 e. The molecular formula is C18H17O. The van der Waals surface area contributed by atoms with E-state index in [9.17, 15) is 0 Å². The van der Waals surface area contributed by atoms with Gasteiger partial charge in [-0.3, -0.25) is 0 Å². The van der Waals surface area contributed by atoms with Gasteiger partial charge in [0.05, 0.1) is 6.26 Å². The first kappa shape index (κ1) is 12.0. The van der Waals surface area contributed by atoms with Gasteiger partial charge in [-0.25, -0.2) is 0 Å². The summed E-state index contributed by atoms with van der Waals surface area (Å²) in [6.07, 6.45) is 9.10. The van der Waals surface area contributed by atoms with Crippen molar-refractivity contribution in [3.63, 3.8) is 0 Å². The summed E-state index contributed by atoms with van der Waals surface area (Å²) in [5.41, 5.74) is 2.27. The van der Waals surface area contributed by atoms with Crippen molar-refractivity contribution in [1.82, 2.24) is 0 Å².